The zero-order valence-electron chi connectivity index (χ0n) is 31.7. The van der Waals surface area contributed by atoms with Crippen LogP contribution in [-0.2, 0) is 0 Å². The van der Waals surface area contributed by atoms with Crippen LogP contribution in [0.5, 0.6) is 0 Å². The van der Waals surface area contributed by atoms with E-state index in [1.54, 1.807) is 0 Å². The van der Waals surface area contributed by atoms with Crippen molar-refractivity contribution in [2.45, 2.75) is 0 Å². The number of para-hydroxylation sites is 2. The number of fused-ring (bicyclic) bond motifs is 9. The van der Waals surface area contributed by atoms with E-state index >= 15 is 0 Å². The normalized spacial score (nSPS) is 11.7. The van der Waals surface area contributed by atoms with E-state index in [-0.39, 0.29) is 0 Å². The first-order valence-electron chi connectivity index (χ1n) is 19.8. The highest BCUT2D eigenvalue weighted by Crippen LogP contribution is 2.47. The fourth-order valence-electron chi connectivity index (χ4n) is 8.70. The van der Waals surface area contributed by atoms with Crippen LogP contribution in [0.1, 0.15) is 0 Å². The quantitative estimate of drug-likeness (QED) is 0.158. The first-order chi connectivity index (χ1) is 29.2. The Morgan fingerprint density at radius 3 is 1.32 bits per heavy atom. The highest BCUT2D eigenvalue weighted by molar-refractivity contribution is 7.27. The third-order valence-corrected chi connectivity index (χ3v) is 14.9. The van der Waals surface area contributed by atoms with Crippen LogP contribution in [0.3, 0.4) is 0 Å². The second-order valence-electron chi connectivity index (χ2n) is 14.9. The van der Waals surface area contributed by atoms with Gasteiger partial charge in [0.1, 0.15) is 0 Å². The lowest BCUT2D eigenvalue weighted by molar-refractivity contribution is 1.30. The summed E-state index contributed by atoms with van der Waals surface area (Å²) in [5, 5.41) is 7.74. The van der Waals surface area contributed by atoms with E-state index in [1.807, 2.05) is 34.0 Å². The molecular formula is C54H34N2S3. The van der Waals surface area contributed by atoms with Crippen LogP contribution in [0.15, 0.2) is 206 Å². The predicted molar refractivity (Wildman–Crippen MR) is 260 cm³/mol. The van der Waals surface area contributed by atoms with Crippen LogP contribution in [0.25, 0.3) is 71.6 Å². The van der Waals surface area contributed by atoms with Gasteiger partial charge >= 0.3 is 0 Å². The number of nitrogens with zero attached hydrogens (tertiary/aromatic N) is 2. The molecule has 0 bridgehead atoms. The largest absolute Gasteiger partial charge is 0.310 e. The SMILES string of the molecule is c1ccc(-c2cccc3c2sc2cc(N(c4ccccc4)c4ccc5c(c4)sc4ccc(N(c6ccccc6)c6ccc7sc8ccccc8c7c6)cc45)ccc23)cc1. The van der Waals surface area contributed by atoms with Gasteiger partial charge < -0.3 is 9.80 Å². The van der Waals surface area contributed by atoms with Crippen molar-refractivity contribution < 1.29 is 0 Å². The minimum absolute atomic E-state index is 1.13. The van der Waals surface area contributed by atoms with Gasteiger partial charge in [-0.25, -0.2) is 0 Å². The topological polar surface area (TPSA) is 6.48 Å². The van der Waals surface area contributed by atoms with Crippen molar-refractivity contribution in [3.8, 4) is 11.1 Å². The van der Waals surface area contributed by atoms with Crippen molar-refractivity contribution in [2.75, 3.05) is 9.80 Å². The van der Waals surface area contributed by atoms with Crippen molar-refractivity contribution in [1.29, 1.82) is 0 Å². The third kappa shape index (κ3) is 5.81. The molecule has 12 rings (SSSR count). The summed E-state index contributed by atoms with van der Waals surface area (Å²) in [6.45, 7) is 0. The van der Waals surface area contributed by atoms with Gasteiger partial charge in [0.15, 0.2) is 0 Å². The molecular weight excluding hydrogens is 773 g/mol. The summed E-state index contributed by atoms with van der Waals surface area (Å²) >= 11 is 5.61. The van der Waals surface area contributed by atoms with E-state index in [2.05, 4.69) is 216 Å². The van der Waals surface area contributed by atoms with Gasteiger partial charge in [0.2, 0.25) is 0 Å². The summed E-state index contributed by atoms with van der Waals surface area (Å²) in [6.07, 6.45) is 0. The molecule has 12 aromatic rings. The maximum Gasteiger partial charge on any atom is 0.0476 e. The lowest BCUT2D eigenvalue weighted by atomic mass is 10.0. The summed E-state index contributed by atoms with van der Waals surface area (Å²) < 4.78 is 7.79. The van der Waals surface area contributed by atoms with E-state index in [1.165, 1.54) is 71.6 Å². The van der Waals surface area contributed by atoms with Crippen LogP contribution in [0, 0.1) is 0 Å². The van der Waals surface area contributed by atoms with Crippen LogP contribution in [-0.4, -0.2) is 0 Å². The Morgan fingerprint density at radius 1 is 0.254 bits per heavy atom. The van der Waals surface area contributed by atoms with Gasteiger partial charge in [0.05, 0.1) is 0 Å². The van der Waals surface area contributed by atoms with E-state index in [0.717, 1.165) is 34.1 Å². The molecule has 0 aliphatic carbocycles. The molecule has 3 aromatic heterocycles. The smallest absolute Gasteiger partial charge is 0.0476 e. The Hall–Kier alpha value is -6.76. The maximum absolute atomic E-state index is 2.40. The lowest BCUT2D eigenvalue weighted by Gasteiger charge is -2.26. The van der Waals surface area contributed by atoms with Gasteiger partial charge in [-0.1, -0.05) is 115 Å². The second kappa shape index (κ2) is 14.0. The molecule has 0 fully saturated rings. The molecule has 9 aromatic carbocycles. The Balaban J connectivity index is 0.972. The van der Waals surface area contributed by atoms with Crippen molar-refractivity contribution >= 4 is 129 Å². The monoisotopic (exact) mass is 806 g/mol. The molecule has 0 atom stereocenters. The number of rotatable bonds is 7. The standard InChI is InChI=1S/C54H34N2S3/c1-4-13-35(14-5-1)42-20-12-21-46-44-27-23-41(34-53(44)59-54(42)46)56(37-17-8-3-9-18-37)40-24-28-45-48-32-39(26-30-51(48)58-52(45)33-40)55(36-15-6-2-7-16-36)38-25-29-50-47(31-38)43-19-10-11-22-49(43)57-50/h1-34H. The molecule has 0 radical (unpaired) electrons. The van der Waals surface area contributed by atoms with Crippen molar-refractivity contribution in [2.24, 2.45) is 0 Å². The van der Waals surface area contributed by atoms with Gasteiger partial charge in [-0.15, -0.1) is 34.0 Å². The molecule has 3 heterocycles. The first-order valence-corrected chi connectivity index (χ1v) is 22.3. The number of thiophene rings is 3. The molecule has 0 aliphatic rings. The number of benzene rings is 9. The van der Waals surface area contributed by atoms with Crippen LogP contribution >= 0.6 is 34.0 Å². The molecule has 278 valence electrons. The molecule has 0 aliphatic heterocycles. The average Bonchev–Trinajstić information content (AvgIpc) is 3.98. The fourth-order valence-corrected chi connectivity index (χ4v) is 12.2. The zero-order valence-corrected chi connectivity index (χ0v) is 34.2. The Morgan fingerprint density at radius 2 is 0.695 bits per heavy atom. The summed E-state index contributed by atoms with van der Waals surface area (Å²) in [4.78, 5) is 4.80. The maximum atomic E-state index is 2.40. The third-order valence-electron chi connectivity index (χ3n) is 11.4. The van der Waals surface area contributed by atoms with E-state index in [0.29, 0.717) is 0 Å². The van der Waals surface area contributed by atoms with Gasteiger partial charge in [0, 0.05) is 94.6 Å². The fraction of sp³-hybridized carbons (Fsp3) is 0. The van der Waals surface area contributed by atoms with Gasteiger partial charge in [0.25, 0.3) is 0 Å². The van der Waals surface area contributed by atoms with Crippen LogP contribution in [0.2, 0.25) is 0 Å². The number of hydrogen-bond acceptors (Lipinski definition) is 5. The molecule has 0 saturated carbocycles. The Bertz CT molecular complexity index is 3510. The molecule has 59 heavy (non-hydrogen) atoms. The van der Waals surface area contributed by atoms with Crippen molar-refractivity contribution in [1.82, 2.24) is 0 Å². The molecule has 0 amide bonds. The second-order valence-corrected chi connectivity index (χ2v) is 18.1. The highest BCUT2D eigenvalue weighted by Gasteiger charge is 2.20. The summed E-state index contributed by atoms with van der Waals surface area (Å²) in [5.41, 5.74) is 9.39. The van der Waals surface area contributed by atoms with Gasteiger partial charge in [-0.2, -0.15) is 0 Å². The molecule has 2 nitrogen and oxygen atoms in total. The van der Waals surface area contributed by atoms with Gasteiger partial charge in [-0.05, 0) is 102 Å². The van der Waals surface area contributed by atoms with E-state index < -0.39 is 0 Å². The molecule has 0 unspecified atom stereocenters. The zero-order chi connectivity index (χ0) is 38.9. The molecule has 5 heteroatoms. The molecule has 0 saturated heterocycles. The van der Waals surface area contributed by atoms with E-state index in [4.69, 9.17) is 0 Å². The van der Waals surface area contributed by atoms with Crippen LogP contribution in [0.4, 0.5) is 34.1 Å². The van der Waals surface area contributed by atoms with Crippen molar-refractivity contribution in [3.05, 3.63) is 206 Å². The Kier molecular flexibility index (Phi) is 8.12. The minimum Gasteiger partial charge on any atom is -0.310 e. The Labute approximate surface area is 353 Å². The van der Waals surface area contributed by atoms with E-state index in [9.17, 15) is 0 Å². The van der Waals surface area contributed by atoms with Crippen LogP contribution < -0.4 is 9.80 Å². The minimum atomic E-state index is 1.13. The highest BCUT2D eigenvalue weighted by atomic mass is 32.1. The van der Waals surface area contributed by atoms with Gasteiger partial charge in [-0.3, -0.25) is 0 Å². The summed E-state index contributed by atoms with van der Waals surface area (Å²) in [5.74, 6) is 0. The van der Waals surface area contributed by atoms with Crippen molar-refractivity contribution in [3.63, 3.8) is 0 Å². The number of hydrogen-bond donors (Lipinski definition) is 0. The number of anilines is 6. The molecule has 0 spiro atoms. The first kappa shape index (κ1) is 34.3. The lowest BCUT2D eigenvalue weighted by Crippen LogP contribution is -2.09. The summed E-state index contributed by atoms with van der Waals surface area (Å²) in [6, 6.07) is 75.5. The summed E-state index contributed by atoms with van der Waals surface area (Å²) in [7, 11) is 0. The average molecular weight is 807 g/mol. The molecule has 0 N–H and O–H groups in total. The predicted octanol–water partition coefficient (Wildman–Crippen LogP) is 17.4.